The fraction of sp³-hybridized carbons (Fsp3) is 0. The number of halogens is 1. The van der Waals surface area contributed by atoms with E-state index in [9.17, 15) is 9.59 Å². The molecule has 1 aliphatic carbocycles. The third-order valence-electron chi connectivity index (χ3n) is 4.80. The number of nitrogens with zero attached hydrogens (tertiary/aromatic N) is 1. The van der Waals surface area contributed by atoms with Gasteiger partial charge < -0.3 is 4.57 Å². The molecule has 0 spiro atoms. The molecule has 0 unspecified atom stereocenters. The third kappa shape index (κ3) is 1.95. The maximum atomic E-state index is 13.3. The van der Waals surface area contributed by atoms with Crippen LogP contribution in [0.3, 0.4) is 0 Å². The summed E-state index contributed by atoms with van der Waals surface area (Å²) in [6.45, 7) is 0. The molecule has 0 fully saturated rings. The number of hydrogen-bond acceptors (Lipinski definition) is 2. The number of fused-ring (bicyclic) bond motifs is 4. The van der Waals surface area contributed by atoms with Crippen LogP contribution in [0.25, 0.3) is 16.6 Å². The number of ketones is 2. The van der Waals surface area contributed by atoms with E-state index in [1.54, 1.807) is 36.4 Å². The normalized spacial score (nSPS) is 13.0. The van der Waals surface area contributed by atoms with E-state index in [4.69, 9.17) is 11.6 Å². The summed E-state index contributed by atoms with van der Waals surface area (Å²) in [5, 5.41) is 1.35. The summed E-state index contributed by atoms with van der Waals surface area (Å²) in [6.07, 6.45) is 0. The second kappa shape index (κ2) is 5.41. The Labute approximate surface area is 154 Å². The lowest BCUT2D eigenvalue weighted by molar-refractivity contribution is 0.0976. The van der Waals surface area contributed by atoms with Crippen molar-refractivity contribution in [3.63, 3.8) is 0 Å². The molecule has 5 rings (SSSR count). The fourth-order valence-electron chi connectivity index (χ4n) is 3.71. The van der Waals surface area contributed by atoms with E-state index in [1.165, 1.54) is 0 Å². The molecule has 0 saturated carbocycles. The van der Waals surface area contributed by atoms with Crippen molar-refractivity contribution in [3.05, 3.63) is 100 Å². The quantitative estimate of drug-likeness (QED) is 0.420. The number of para-hydroxylation sites is 1. The van der Waals surface area contributed by atoms with Crippen molar-refractivity contribution in [1.82, 2.24) is 4.57 Å². The van der Waals surface area contributed by atoms with E-state index >= 15 is 0 Å². The van der Waals surface area contributed by atoms with Crippen molar-refractivity contribution >= 4 is 34.1 Å². The Morgan fingerprint density at radius 3 is 2.19 bits per heavy atom. The highest BCUT2D eigenvalue weighted by molar-refractivity contribution is 6.33. The second-order valence-electron chi connectivity index (χ2n) is 6.26. The molecule has 0 bridgehead atoms. The van der Waals surface area contributed by atoms with Gasteiger partial charge in [0.05, 0.1) is 11.1 Å². The molecule has 1 heterocycles. The lowest BCUT2D eigenvalue weighted by Gasteiger charge is -2.17. The standard InChI is InChI=1S/C22H12ClNO2/c23-13-6-5-7-14(12-13)24-18-11-4-3-10-17(18)19-20(24)22(26)16-9-2-1-8-15(16)21(19)25/h1-12H. The number of hydrogen-bond donors (Lipinski definition) is 0. The lowest BCUT2D eigenvalue weighted by Crippen LogP contribution is -2.22. The summed E-state index contributed by atoms with van der Waals surface area (Å²) in [5.41, 5.74) is 3.33. The summed E-state index contributed by atoms with van der Waals surface area (Å²) in [4.78, 5) is 26.5. The Morgan fingerprint density at radius 2 is 1.42 bits per heavy atom. The molecule has 3 nitrogen and oxygen atoms in total. The molecule has 4 aromatic rings. The average Bonchev–Trinajstić information content (AvgIpc) is 3.02. The zero-order chi connectivity index (χ0) is 17.8. The van der Waals surface area contributed by atoms with Gasteiger partial charge in [0, 0.05) is 27.2 Å². The van der Waals surface area contributed by atoms with Gasteiger partial charge in [-0.2, -0.15) is 0 Å². The molecular weight excluding hydrogens is 346 g/mol. The minimum Gasteiger partial charge on any atom is -0.306 e. The Bertz CT molecular complexity index is 1240. The molecule has 1 aromatic heterocycles. The van der Waals surface area contributed by atoms with Crippen LogP contribution < -0.4 is 0 Å². The van der Waals surface area contributed by atoms with Crippen molar-refractivity contribution in [1.29, 1.82) is 0 Å². The number of benzene rings is 3. The van der Waals surface area contributed by atoms with Crippen molar-refractivity contribution in [2.45, 2.75) is 0 Å². The van der Waals surface area contributed by atoms with Gasteiger partial charge >= 0.3 is 0 Å². The summed E-state index contributed by atoms with van der Waals surface area (Å²) >= 11 is 6.18. The molecule has 26 heavy (non-hydrogen) atoms. The van der Waals surface area contributed by atoms with Crippen LogP contribution in [0.1, 0.15) is 32.0 Å². The van der Waals surface area contributed by atoms with Gasteiger partial charge in [0.25, 0.3) is 0 Å². The summed E-state index contributed by atoms with van der Waals surface area (Å²) in [5.74, 6) is -0.265. The van der Waals surface area contributed by atoms with Gasteiger partial charge in [0.1, 0.15) is 5.69 Å². The van der Waals surface area contributed by atoms with Crippen LogP contribution in [0.2, 0.25) is 5.02 Å². The first-order chi connectivity index (χ1) is 12.7. The highest BCUT2D eigenvalue weighted by Gasteiger charge is 2.35. The first-order valence-corrected chi connectivity index (χ1v) is 8.62. The molecular formula is C22H12ClNO2. The van der Waals surface area contributed by atoms with Crippen molar-refractivity contribution < 1.29 is 9.59 Å². The smallest absolute Gasteiger partial charge is 0.211 e. The largest absolute Gasteiger partial charge is 0.306 e. The zero-order valence-corrected chi connectivity index (χ0v) is 14.3. The summed E-state index contributed by atoms with van der Waals surface area (Å²) in [6, 6.07) is 21.9. The number of aromatic nitrogens is 1. The van der Waals surface area contributed by atoms with Crippen LogP contribution in [-0.2, 0) is 0 Å². The maximum Gasteiger partial charge on any atom is 0.211 e. The third-order valence-corrected chi connectivity index (χ3v) is 5.03. The SMILES string of the molecule is O=C1c2ccccc2C(=O)c2c1c1ccccc1n2-c1cccc(Cl)c1. The Hall–Kier alpha value is -3.17. The van der Waals surface area contributed by atoms with E-state index in [1.807, 2.05) is 41.0 Å². The Morgan fingerprint density at radius 1 is 0.731 bits per heavy atom. The maximum absolute atomic E-state index is 13.3. The molecule has 4 heteroatoms. The van der Waals surface area contributed by atoms with Gasteiger partial charge in [-0.15, -0.1) is 0 Å². The van der Waals surface area contributed by atoms with E-state index in [2.05, 4.69) is 0 Å². The monoisotopic (exact) mass is 357 g/mol. The van der Waals surface area contributed by atoms with Gasteiger partial charge in [-0.05, 0) is 24.3 Å². The highest BCUT2D eigenvalue weighted by Crippen LogP contribution is 2.37. The summed E-state index contributed by atoms with van der Waals surface area (Å²) in [7, 11) is 0. The second-order valence-corrected chi connectivity index (χ2v) is 6.70. The minimum absolute atomic E-state index is 0.118. The Kier molecular flexibility index (Phi) is 3.15. The molecule has 1 aliphatic rings. The summed E-state index contributed by atoms with van der Waals surface area (Å²) < 4.78 is 1.84. The zero-order valence-electron chi connectivity index (χ0n) is 13.6. The van der Waals surface area contributed by atoms with Crippen LogP contribution in [-0.4, -0.2) is 16.1 Å². The molecule has 0 atom stereocenters. The van der Waals surface area contributed by atoms with Crippen LogP contribution in [0, 0.1) is 0 Å². The molecule has 0 N–H and O–H groups in total. The van der Waals surface area contributed by atoms with Gasteiger partial charge in [0.15, 0.2) is 5.78 Å². The van der Waals surface area contributed by atoms with Crippen molar-refractivity contribution in [3.8, 4) is 5.69 Å². The Balaban J connectivity index is 1.94. The van der Waals surface area contributed by atoms with Gasteiger partial charge in [-0.1, -0.05) is 60.1 Å². The minimum atomic E-state index is -0.147. The van der Waals surface area contributed by atoms with Crippen LogP contribution in [0.4, 0.5) is 0 Å². The topological polar surface area (TPSA) is 39.1 Å². The number of rotatable bonds is 1. The number of carbonyl (C=O) groups excluding carboxylic acids is 2. The molecule has 0 aliphatic heterocycles. The molecule has 0 saturated heterocycles. The lowest BCUT2D eigenvalue weighted by atomic mass is 9.87. The molecule has 3 aromatic carbocycles. The van der Waals surface area contributed by atoms with E-state index in [0.29, 0.717) is 27.4 Å². The number of carbonyl (C=O) groups is 2. The first-order valence-electron chi connectivity index (χ1n) is 8.24. The van der Waals surface area contributed by atoms with E-state index in [-0.39, 0.29) is 11.6 Å². The molecule has 124 valence electrons. The van der Waals surface area contributed by atoms with Crippen molar-refractivity contribution in [2.24, 2.45) is 0 Å². The van der Waals surface area contributed by atoms with Crippen LogP contribution in [0.15, 0.2) is 72.8 Å². The molecule has 0 amide bonds. The van der Waals surface area contributed by atoms with Gasteiger partial charge in [0.2, 0.25) is 5.78 Å². The predicted molar refractivity (Wildman–Crippen MR) is 102 cm³/mol. The highest BCUT2D eigenvalue weighted by atomic mass is 35.5. The van der Waals surface area contributed by atoms with Crippen molar-refractivity contribution in [2.75, 3.05) is 0 Å². The van der Waals surface area contributed by atoms with E-state index < -0.39 is 0 Å². The molecule has 0 radical (unpaired) electrons. The first kappa shape index (κ1) is 15.1. The van der Waals surface area contributed by atoms with Crippen LogP contribution >= 0.6 is 11.6 Å². The van der Waals surface area contributed by atoms with E-state index in [0.717, 1.165) is 16.6 Å². The average molecular weight is 358 g/mol. The van der Waals surface area contributed by atoms with Crippen LogP contribution in [0.5, 0.6) is 0 Å². The fourth-order valence-corrected chi connectivity index (χ4v) is 3.89. The van der Waals surface area contributed by atoms with Gasteiger partial charge in [-0.25, -0.2) is 0 Å². The predicted octanol–water partition coefficient (Wildman–Crippen LogP) is 5.06. The van der Waals surface area contributed by atoms with Gasteiger partial charge in [-0.3, -0.25) is 9.59 Å².